The number of carbonyl (C=O) groups excluding carboxylic acids is 3. The van der Waals surface area contributed by atoms with Crippen LogP contribution in [0.4, 0.5) is 0 Å². The van der Waals surface area contributed by atoms with Gasteiger partial charge in [-0.3, -0.25) is 19.2 Å². The summed E-state index contributed by atoms with van der Waals surface area (Å²) in [4.78, 5) is 58.9. The Morgan fingerprint density at radius 1 is 1.00 bits per heavy atom. The second-order valence-corrected chi connectivity index (χ2v) is 7.71. The number of aliphatic carboxylic acids is 2. The van der Waals surface area contributed by atoms with Crippen LogP contribution in [0, 0.1) is 0 Å². The van der Waals surface area contributed by atoms with E-state index in [2.05, 4.69) is 28.6 Å². The number of thiol groups is 1. The van der Waals surface area contributed by atoms with Crippen molar-refractivity contribution in [3.63, 3.8) is 0 Å². The molecule has 5 atom stereocenters. The zero-order chi connectivity index (χ0) is 23.4. The van der Waals surface area contributed by atoms with Crippen molar-refractivity contribution < 1.29 is 39.3 Å². The predicted molar refractivity (Wildman–Crippen MR) is 112 cm³/mol. The zero-order valence-corrected chi connectivity index (χ0v) is 18.2. The Labute approximate surface area is 183 Å². The summed E-state index contributed by atoms with van der Waals surface area (Å²) < 4.78 is 0. The predicted octanol–water partition coefficient (Wildman–Crippen LogP) is -2.61. The minimum absolute atomic E-state index is 0.00110. The molecule has 0 saturated heterocycles. The van der Waals surface area contributed by atoms with Crippen LogP contribution < -0.4 is 21.7 Å². The molecule has 14 heteroatoms. The SMILES string of the molecule is CSCCC(NC(=O)C(NC(=O)C(N)CS)C(C)O)C(=O)NC(CC(=O)O)C(=O)O. The summed E-state index contributed by atoms with van der Waals surface area (Å²) in [5, 5.41) is 34.4. The van der Waals surface area contributed by atoms with Crippen molar-refractivity contribution in [2.45, 2.75) is 50.0 Å². The number of carbonyl (C=O) groups is 5. The molecule has 0 aromatic rings. The fraction of sp³-hybridized carbons (Fsp3) is 0.688. The lowest BCUT2D eigenvalue weighted by molar-refractivity contribution is -0.147. The van der Waals surface area contributed by atoms with Crippen molar-refractivity contribution in [3.05, 3.63) is 0 Å². The van der Waals surface area contributed by atoms with Crippen LogP contribution in [0.25, 0.3) is 0 Å². The van der Waals surface area contributed by atoms with Crippen molar-refractivity contribution in [2.24, 2.45) is 5.73 Å². The molecule has 5 unspecified atom stereocenters. The molecule has 30 heavy (non-hydrogen) atoms. The highest BCUT2D eigenvalue weighted by molar-refractivity contribution is 7.98. The highest BCUT2D eigenvalue weighted by Gasteiger charge is 2.32. The van der Waals surface area contributed by atoms with Gasteiger partial charge in [-0.05, 0) is 25.4 Å². The molecular formula is C16H28N4O8S2. The maximum atomic E-state index is 12.6. The lowest BCUT2D eigenvalue weighted by atomic mass is 10.1. The average molecular weight is 469 g/mol. The van der Waals surface area contributed by atoms with E-state index in [0.717, 1.165) is 0 Å². The monoisotopic (exact) mass is 468 g/mol. The van der Waals surface area contributed by atoms with Crippen molar-refractivity contribution in [3.8, 4) is 0 Å². The molecule has 0 heterocycles. The van der Waals surface area contributed by atoms with Gasteiger partial charge in [0, 0.05) is 5.75 Å². The number of aliphatic hydroxyl groups is 1. The van der Waals surface area contributed by atoms with Crippen molar-refractivity contribution in [2.75, 3.05) is 17.8 Å². The third-order valence-corrected chi connectivity index (χ3v) is 4.87. The van der Waals surface area contributed by atoms with Crippen LogP contribution in [0.1, 0.15) is 19.8 Å². The number of nitrogens with one attached hydrogen (secondary N) is 3. The molecule has 3 amide bonds. The standard InChI is InChI=1S/C16H28N4O8S2/c1-7(21)12(20-13(24)8(17)6-29)15(26)18-9(3-4-30-2)14(25)19-10(16(27)28)5-11(22)23/h7-10,12,21,29H,3-6,17H2,1-2H3,(H,18,26)(H,19,25)(H,20,24)(H,22,23)(H,27,28). The van der Waals surface area contributed by atoms with Crippen LogP contribution in [-0.4, -0.2) is 93.0 Å². The molecule has 0 radical (unpaired) electrons. The van der Waals surface area contributed by atoms with Crippen LogP contribution in [0.3, 0.4) is 0 Å². The summed E-state index contributed by atoms with van der Waals surface area (Å²) >= 11 is 5.24. The number of amides is 3. The Hall–Kier alpha value is -2.03. The maximum absolute atomic E-state index is 12.6. The Kier molecular flexibility index (Phi) is 13.1. The van der Waals surface area contributed by atoms with Gasteiger partial charge in [-0.1, -0.05) is 0 Å². The van der Waals surface area contributed by atoms with Crippen LogP contribution in [0.15, 0.2) is 0 Å². The molecule has 0 aliphatic heterocycles. The molecule has 0 aliphatic carbocycles. The molecule has 0 spiro atoms. The largest absolute Gasteiger partial charge is 0.481 e. The lowest BCUT2D eigenvalue weighted by Gasteiger charge is -2.26. The summed E-state index contributed by atoms with van der Waals surface area (Å²) in [7, 11) is 0. The molecule has 172 valence electrons. The number of carboxylic acid groups (broad SMARTS) is 2. The van der Waals surface area contributed by atoms with E-state index in [1.165, 1.54) is 18.7 Å². The van der Waals surface area contributed by atoms with Gasteiger partial charge in [0.1, 0.15) is 18.1 Å². The Balaban J connectivity index is 5.37. The number of thioether (sulfide) groups is 1. The summed E-state index contributed by atoms with van der Waals surface area (Å²) in [6.45, 7) is 1.25. The van der Waals surface area contributed by atoms with Gasteiger partial charge in [-0.15, -0.1) is 0 Å². The third-order valence-electron chi connectivity index (χ3n) is 3.83. The van der Waals surface area contributed by atoms with Gasteiger partial charge in [0.25, 0.3) is 0 Å². The Bertz CT molecular complexity index is 634. The fourth-order valence-electron chi connectivity index (χ4n) is 2.16. The van der Waals surface area contributed by atoms with E-state index in [9.17, 15) is 29.1 Å². The van der Waals surface area contributed by atoms with E-state index in [1.807, 2.05) is 0 Å². The molecular weight excluding hydrogens is 440 g/mol. The fourth-order valence-corrected chi connectivity index (χ4v) is 2.80. The van der Waals surface area contributed by atoms with Crippen molar-refractivity contribution in [1.82, 2.24) is 16.0 Å². The van der Waals surface area contributed by atoms with Gasteiger partial charge in [0.2, 0.25) is 17.7 Å². The molecule has 0 fully saturated rings. The first-order valence-corrected chi connectivity index (χ1v) is 10.9. The summed E-state index contributed by atoms with van der Waals surface area (Å²) in [6.07, 6.45) is -0.338. The third kappa shape index (κ3) is 10.1. The van der Waals surface area contributed by atoms with Crippen molar-refractivity contribution >= 4 is 54.1 Å². The number of hydrogen-bond donors (Lipinski definition) is 8. The number of rotatable bonds is 14. The Morgan fingerprint density at radius 2 is 1.57 bits per heavy atom. The van der Waals surface area contributed by atoms with E-state index in [1.54, 1.807) is 6.26 Å². The minimum atomic E-state index is -1.69. The lowest BCUT2D eigenvalue weighted by Crippen LogP contribution is -2.60. The summed E-state index contributed by atoms with van der Waals surface area (Å²) in [5.74, 6) is -5.10. The molecule has 8 N–H and O–H groups in total. The zero-order valence-electron chi connectivity index (χ0n) is 16.5. The van der Waals surface area contributed by atoms with Crippen molar-refractivity contribution in [1.29, 1.82) is 0 Å². The van der Waals surface area contributed by atoms with E-state index in [4.69, 9.17) is 15.9 Å². The number of carboxylic acids is 2. The van der Waals surface area contributed by atoms with Crippen LogP contribution >= 0.6 is 24.4 Å². The maximum Gasteiger partial charge on any atom is 0.326 e. The molecule has 0 aliphatic rings. The first-order valence-electron chi connectivity index (χ1n) is 8.83. The van der Waals surface area contributed by atoms with E-state index >= 15 is 0 Å². The quantitative estimate of drug-likeness (QED) is 0.125. The topological polar surface area (TPSA) is 208 Å². The summed E-state index contributed by atoms with van der Waals surface area (Å²) in [6, 6.07) is -5.37. The first kappa shape index (κ1) is 28.0. The normalized spacial score (nSPS) is 15.8. The van der Waals surface area contributed by atoms with Gasteiger partial charge in [0.05, 0.1) is 18.6 Å². The molecule has 12 nitrogen and oxygen atoms in total. The molecule has 0 rings (SSSR count). The molecule has 0 bridgehead atoms. The minimum Gasteiger partial charge on any atom is -0.481 e. The van der Waals surface area contributed by atoms with Crippen LogP contribution in [0.5, 0.6) is 0 Å². The summed E-state index contributed by atoms with van der Waals surface area (Å²) in [5.41, 5.74) is 5.53. The highest BCUT2D eigenvalue weighted by Crippen LogP contribution is 2.05. The highest BCUT2D eigenvalue weighted by atomic mass is 32.2. The van der Waals surface area contributed by atoms with Gasteiger partial charge >= 0.3 is 11.9 Å². The first-order chi connectivity index (χ1) is 13.9. The molecule has 0 aromatic carbocycles. The van der Waals surface area contributed by atoms with Crippen LogP contribution in [-0.2, 0) is 24.0 Å². The second kappa shape index (κ2) is 14.1. The smallest absolute Gasteiger partial charge is 0.326 e. The van der Waals surface area contributed by atoms with E-state index < -0.39 is 66.4 Å². The number of aliphatic hydroxyl groups excluding tert-OH is 1. The van der Waals surface area contributed by atoms with Gasteiger partial charge in [-0.25, -0.2) is 4.79 Å². The van der Waals surface area contributed by atoms with Gasteiger partial charge < -0.3 is 37.0 Å². The number of hydrogen-bond acceptors (Lipinski definition) is 9. The molecule has 0 aromatic heterocycles. The Morgan fingerprint density at radius 3 is 2.00 bits per heavy atom. The van der Waals surface area contributed by atoms with E-state index in [-0.39, 0.29) is 12.2 Å². The van der Waals surface area contributed by atoms with Gasteiger partial charge in [-0.2, -0.15) is 24.4 Å². The van der Waals surface area contributed by atoms with Crippen LogP contribution in [0.2, 0.25) is 0 Å². The van der Waals surface area contributed by atoms with Gasteiger partial charge in [0.15, 0.2) is 0 Å². The average Bonchev–Trinajstić information content (AvgIpc) is 2.66. The second-order valence-electron chi connectivity index (χ2n) is 6.36. The van der Waals surface area contributed by atoms with E-state index in [0.29, 0.717) is 5.75 Å². The number of nitrogens with two attached hydrogens (primary N) is 1. The molecule has 0 saturated carbocycles.